The summed E-state index contributed by atoms with van der Waals surface area (Å²) in [6.07, 6.45) is -0.925. The highest BCUT2D eigenvalue weighted by molar-refractivity contribution is 5.95. The zero-order valence-electron chi connectivity index (χ0n) is 12.3. The normalized spacial score (nSPS) is 16.7. The first-order valence-corrected chi connectivity index (χ1v) is 7.41. The van der Waals surface area contributed by atoms with Gasteiger partial charge < -0.3 is 9.73 Å². The van der Waals surface area contributed by atoms with Crippen molar-refractivity contribution in [1.29, 1.82) is 0 Å². The first-order valence-electron chi connectivity index (χ1n) is 7.41. The number of amides is 1. The molecule has 0 bridgehead atoms. The first kappa shape index (κ1) is 15.6. The van der Waals surface area contributed by atoms with Gasteiger partial charge in [0.2, 0.25) is 5.76 Å². The summed E-state index contributed by atoms with van der Waals surface area (Å²) in [7, 11) is 0. The molecule has 1 aliphatic carbocycles. The first-order chi connectivity index (χ1) is 10.9. The van der Waals surface area contributed by atoms with E-state index >= 15 is 0 Å². The third-order valence-corrected chi connectivity index (χ3v) is 4.45. The van der Waals surface area contributed by atoms with Crippen molar-refractivity contribution in [1.82, 2.24) is 5.32 Å². The third-order valence-electron chi connectivity index (χ3n) is 4.45. The fourth-order valence-electron chi connectivity index (χ4n) is 3.02. The van der Waals surface area contributed by atoms with Gasteiger partial charge in [-0.1, -0.05) is 36.8 Å². The Morgan fingerprint density at radius 3 is 2.43 bits per heavy atom. The minimum Gasteiger partial charge on any atom is -0.459 e. The SMILES string of the molecule is O=C(NCC1(c2ccccc2)CCC1)c1ccoc1C(F)(F)F. The van der Waals surface area contributed by atoms with Crippen LogP contribution in [0.3, 0.4) is 0 Å². The predicted octanol–water partition coefficient (Wildman–Crippen LogP) is 4.15. The van der Waals surface area contributed by atoms with E-state index in [0.29, 0.717) is 6.54 Å². The van der Waals surface area contributed by atoms with Gasteiger partial charge in [-0.3, -0.25) is 4.79 Å². The summed E-state index contributed by atoms with van der Waals surface area (Å²) in [5.41, 5.74) is 0.453. The molecule has 6 heteroatoms. The number of furan rings is 1. The number of nitrogens with one attached hydrogen (secondary N) is 1. The maximum absolute atomic E-state index is 12.8. The van der Waals surface area contributed by atoms with Crippen LogP contribution in [0.1, 0.15) is 40.9 Å². The molecular formula is C17H16F3NO2. The minimum absolute atomic E-state index is 0.181. The zero-order valence-corrected chi connectivity index (χ0v) is 12.3. The molecule has 1 aromatic carbocycles. The van der Waals surface area contributed by atoms with Crippen LogP contribution in [0.2, 0.25) is 0 Å². The van der Waals surface area contributed by atoms with Crippen molar-refractivity contribution < 1.29 is 22.4 Å². The van der Waals surface area contributed by atoms with Crippen molar-refractivity contribution in [2.45, 2.75) is 30.9 Å². The van der Waals surface area contributed by atoms with E-state index in [4.69, 9.17) is 0 Å². The average molecular weight is 323 g/mol. The van der Waals surface area contributed by atoms with E-state index in [1.165, 1.54) is 0 Å². The van der Waals surface area contributed by atoms with Gasteiger partial charge in [0, 0.05) is 12.0 Å². The van der Waals surface area contributed by atoms with E-state index in [1.54, 1.807) is 0 Å². The summed E-state index contributed by atoms with van der Waals surface area (Å²) in [6.45, 7) is 0.318. The van der Waals surface area contributed by atoms with Crippen LogP contribution in [0.4, 0.5) is 13.2 Å². The van der Waals surface area contributed by atoms with Crippen molar-refractivity contribution in [3.05, 3.63) is 59.5 Å². The van der Waals surface area contributed by atoms with Crippen LogP contribution in [0.15, 0.2) is 47.1 Å². The molecule has 1 aliphatic rings. The van der Waals surface area contributed by atoms with Crippen LogP contribution in [-0.4, -0.2) is 12.5 Å². The van der Waals surface area contributed by atoms with Gasteiger partial charge in [0.15, 0.2) is 0 Å². The molecule has 0 radical (unpaired) electrons. The van der Waals surface area contributed by atoms with Crippen molar-refractivity contribution in [2.24, 2.45) is 0 Å². The van der Waals surface area contributed by atoms with Crippen LogP contribution < -0.4 is 5.32 Å². The van der Waals surface area contributed by atoms with E-state index in [1.807, 2.05) is 30.3 Å². The van der Waals surface area contributed by atoms with E-state index < -0.39 is 23.4 Å². The molecule has 1 fully saturated rings. The summed E-state index contributed by atoms with van der Waals surface area (Å²) in [6, 6.07) is 10.8. The summed E-state index contributed by atoms with van der Waals surface area (Å²) in [4.78, 5) is 12.1. The molecule has 1 aromatic heterocycles. The van der Waals surface area contributed by atoms with Crippen molar-refractivity contribution in [2.75, 3.05) is 6.54 Å². The van der Waals surface area contributed by atoms with Gasteiger partial charge in [0.1, 0.15) is 0 Å². The molecule has 3 nitrogen and oxygen atoms in total. The molecular weight excluding hydrogens is 307 g/mol. The van der Waals surface area contributed by atoms with Crippen LogP contribution in [0.25, 0.3) is 0 Å². The molecule has 2 aromatic rings. The Morgan fingerprint density at radius 1 is 1.17 bits per heavy atom. The highest BCUT2D eigenvalue weighted by atomic mass is 19.4. The van der Waals surface area contributed by atoms with Gasteiger partial charge in [0.05, 0.1) is 11.8 Å². The number of hydrogen-bond donors (Lipinski definition) is 1. The second kappa shape index (κ2) is 5.76. The maximum atomic E-state index is 12.8. The monoisotopic (exact) mass is 323 g/mol. The molecule has 0 atom stereocenters. The van der Waals surface area contributed by atoms with Crippen LogP contribution in [-0.2, 0) is 11.6 Å². The lowest BCUT2D eigenvalue weighted by Gasteiger charge is -2.42. The largest absolute Gasteiger partial charge is 0.459 e. The van der Waals surface area contributed by atoms with Crippen LogP contribution in [0, 0.1) is 0 Å². The Morgan fingerprint density at radius 2 is 1.87 bits per heavy atom. The van der Waals surface area contributed by atoms with E-state index in [9.17, 15) is 18.0 Å². The van der Waals surface area contributed by atoms with Gasteiger partial charge in [-0.05, 0) is 24.5 Å². The van der Waals surface area contributed by atoms with Crippen molar-refractivity contribution in [3.63, 3.8) is 0 Å². The predicted molar refractivity (Wildman–Crippen MR) is 78.0 cm³/mol. The highest BCUT2D eigenvalue weighted by Gasteiger charge is 2.41. The molecule has 1 saturated carbocycles. The van der Waals surface area contributed by atoms with Crippen LogP contribution in [0.5, 0.6) is 0 Å². The summed E-state index contributed by atoms with van der Waals surface area (Å²) >= 11 is 0. The van der Waals surface area contributed by atoms with E-state index in [0.717, 1.165) is 37.2 Å². The van der Waals surface area contributed by atoms with Crippen molar-refractivity contribution in [3.8, 4) is 0 Å². The Balaban J connectivity index is 1.73. The van der Waals surface area contributed by atoms with Gasteiger partial charge in [0.25, 0.3) is 5.91 Å². The zero-order chi connectivity index (χ0) is 16.5. The standard InChI is InChI=1S/C17H16F3NO2/c18-17(19,20)14-13(7-10-23-14)15(22)21-11-16(8-4-9-16)12-5-2-1-3-6-12/h1-3,5-7,10H,4,8-9,11H2,(H,21,22). The molecule has 3 rings (SSSR count). The molecule has 1 amide bonds. The Hall–Kier alpha value is -2.24. The Kier molecular flexibility index (Phi) is 3.92. The fourth-order valence-corrected chi connectivity index (χ4v) is 3.02. The highest BCUT2D eigenvalue weighted by Crippen LogP contribution is 2.43. The van der Waals surface area contributed by atoms with Gasteiger partial charge >= 0.3 is 6.18 Å². The average Bonchev–Trinajstić information content (AvgIpc) is 2.97. The lowest BCUT2D eigenvalue weighted by atomic mass is 9.64. The van der Waals surface area contributed by atoms with Gasteiger partial charge in [-0.2, -0.15) is 13.2 Å². The fraction of sp³-hybridized carbons (Fsp3) is 0.353. The molecule has 122 valence electrons. The van der Waals surface area contributed by atoms with Gasteiger partial charge in [-0.15, -0.1) is 0 Å². The number of benzene rings is 1. The maximum Gasteiger partial charge on any atom is 0.450 e. The van der Waals surface area contributed by atoms with E-state index in [2.05, 4.69) is 9.73 Å². The second-order valence-corrected chi connectivity index (χ2v) is 5.84. The molecule has 0 saturated heterocycles. The quantitative estimate of drug-likeness (QED) is 0.918. The molecule has 0 aliphatic heterocycles. The Bertz CT molecular complexity index is 687. The second-order valence-electron chi connectivity index (χ2n) is 5.84. The van der Waals surface area contributed by atoms with E-state index in [-0.39, 0.29) is 5.41 Å². The number of alkyl halides is 3. The summed E-state index contributed by atoms with van der Waals surface area (Å²) in [5.74, 6) is -2.01. The summed E-state index contributed by atoms with van der Waals surface area (Å²) in [5, 5.41) is 2.64. The van der Waals surface area contributed by atoms with Crippen molar-refractivity contribution >= 4 is 5.91 Å². The molecule has 23 heavy (non-hydrogen) atoms. The number of carbonyl (C=O) groups excluding carboxylic acids is 1. The lowest BCUT2D eigenvalue weighted by Crippen LogP contribution is -2.45. The topological polar surface area (TPSA) is 42.2 Å². The molecule has 0 unspecified atom stereocenters. The Labute approximate surface area is 131 Å². The van der Waals surface area contributed by atoms with Crippen LogP contribution >= 0.6 is 0 Å². The molecule has 1 heterocycles. The minimum atomic E-state index is -4.68. The smallest absolute Gasteiger partial charge is 0.450 e. The molecule has 0 spiro atoms. The number of rotatable bonds is 4. The molecule has 1 N–H and O–H groups in total. The number of carbonyl (C=O) groups is 1. The number of halogens is 3. The third kappa shape index (κ3) is 2.98. The lowest BCUT2D eigenvalue weighted by molar-refractivity contribution is -0.153. The number of hydrogen-bond acceptors (Lipinski definition) is 2. The summed E-state index contributed by atoms with van der Waals surface area (Å²) < 4.78 is 42.8. The van der Waals surface area contributed by atoms with Gasteiger partial charge in [-0.25, -0.2) is 0 Å².